The molecule has 0 aromatic heterocycles. The Hall–Kier alpha value is -1.31. The molecule has 0 amide bonds. The molecule has 0 fully saturated rings. The Morgan fingerprint density at radius 2 is 1.38 bits per heavy atom. The second-order valence-electron chi connectivity index (χ2n) is 7.20. The largest absolute Gasteiger partial charge is 0.481 e. The van der Waals surface area contributed by atoms with Crippen LogP contribution in [0, 0.1) is 12.8 Å². The molecule has 0 radical (unpaired) electrons. The van der Waals surface area contributed by atoms with E-state index in [4.69, 9.17) is 0 Å². The smallest absolute Gasteiger partial charge is 0.306 e. The van der Waals surface area contributed by atoms with Crippen LogP contribution in [-0.2, 0) is 11.2 Å². The zero-order valence-corrected chi connectivity index (χ0v) is 15.7. The van der Waals surface area contributed by atoms with Crippen LogP contribution >= 0.6 is 0 Å². The van der Waals surface area contributed by atoms with E-state index in [1.54, 1.807) is 0 Å². The lowest BCUT2D eigenvalue weighted by Crippen LogP contribution is -2.16. The summed E-state index contributed by atoms with van der Waals surface area (Å²) in [6.45, 7) is 4.31. The molecule has 0 aliphatic rings. The van der Waals surface area contributed by atoms with E-state index in [-0.39, 0.29) is 5.92 Å². The third kappa shape index (κ3) is 9.75. The lowest BCUT2D eigenvalue weighted by molar-refractivity contribution is -0.142. The highest BCUT2D eigenvalue weighted by atomic mass is 16.4. The van der Waals surface area contributed by atoms with E-state index in [9.17, 15) is 9.90 Å². The van der Waals surface area contributed by atoms with Gasteiger partial charge in [0.15, 0.2) is 0 Å². The van der Waals surface area contributed by atoms with Crippen molar-refractivity contribution in [3.8, 4) is 0 Å². The van der Waals surface area contributed by atoms with Gasteiger partial charge in [-0.05, 0) is 25.3 Å². The maximum Gasteiger partial charge on any atom is 0.306 e. The van der Waals surface area contributed by atoms with E-state index >= 15 is 0 Å². The molecule has 0 spiro atoms. The van der Waals surface area contributed by atoms with E-state index in [2.05, 4.69) is 38.1 Å². The molecule has 1 N–H and O–H groups in total. The summed E-state index contributed by atoms with van der Waals surface area (Å²) >= 11 is 0. The molecule has 2 nitrogen and oxygen atoms in total. The first-order chi connectivity index (χ1) is 11.6. The summed E-state index contributed by atoms with van der Waals surface area (Å²) in [7, 11) is 0. The lowest BCUT2D eigenvalue weighted by atomic mass is 9.93. The minimum Gasteiger partial charge on any atom is -0.481 e. The van der Waals surface area contributed by atoms with E-state index in [1.165, 1.54) is 63.4 Å². The van der Waals surface area contributed by atoms with Crippen molar-refractivity contribution in [3.63, 3.8) is 0 Å². The molecule has 1 atom stereocenters. The Kier molecular flexibility index (Phi) is 11.3. The van der Waals surface area contributed by atoms with Crippen molar-refractivity contribution >= 4 is 5.97 Å². The van der Waals surface area contributed by atoms with E-state index in [0.717, 1.165) is 18.4 Å². The fourth-order valence-electron chi connectivity index (χ4n) is 3.20. The zero-order valence-electron chi connectivity index (χ0n) is 15.7. The molecule has 0 saturated heterocycles. The standard InChI is InChI=1S/C22H36O2/c1-3-4-5-6-7-8-9-10-11-12-13-21(22(23)24)18-20-16-14-19(2)15-17-20/h14-17,21H,3-13,18H2,1-2H3,(H,23,24). The van der Waals surface area contributed by atoms with Gasteiger partial charge in [0, 0.05) is 0 Å². The van der Waals surface area contributed by atoms with E-state index < -0.39 is 5.97 Å². The molecular weight excluding hydrogens is 296 g/mol. The summed E-state index contributed by atoms with van der Waals surface area (Å²) in [4.78, 5) is 11.5. The first-order valence-corrected chi connectivity index (χ1v) is 9.91. The van der Waals surface area contributed by atoms with Crippen LogP contribution in [-0.4, -0.2) is 11.1 Å². The molecule has 0 heterocycles. The topological polar surface area (TPSA) is 37.3 Å². The van der Waals surface area contributed by atoms with Gasteiger partial charge in [0.1, 0.15) is 0 Å². The van der Waals surface area contributed by atoms with Gasteiger partial charge in [0.2, 0.25) is 0 Å². The van der Waals surface area contributed by atoms with Crippen LogP contribution in [0.1, 0.15) is 88.7 Å². The molecule has 2 heteroatoms. The second kappa shape index (κ2) is 13.0. The van der Waals surface area contributed by atoms with Gasteiger partial charge in [-0.15, -0.1) is 0 Å². The fraction of sp³-hybridized carbons (Fsp3) is 0.682. The SMILES string of the molecule is CCCCCCCCCCCCC(Cc1ccc(C)cc1)C(=O)O. The normalized spacial score (nSPS) is 12.2. The average molecular weight is 333 g/mol. The Labute approximate surface area is 148 Å². The molecule has 0 aliphatic heterocycles. The van der Waals surface area contributed by atoms with Gasteiger partial charge in [-0.3, -0.25) is 4.79 Å². The molecule has 0 bridgehead atoms. The van der Waals surface area contributed by atoms with Crippen LogP contribution in [0.25, 0.3) is 0 Å². The predicted molar refractivity (Wildman–Crippen MR) is 102 cm³/mol. The van der Waals surface area contributed by atoms with E-state index in [1.807, 2.05) is 0 Å². The molecular formula is C22H36O2. The number of hydrogen-bond donors (Lipinski definition) is 1. The number of carbonyl (C=O) groups is 1. The number of aryl methyl sites for hydroxylation is 1. The Bertz CT molecular complexity index is 436. The average Bonchev–Trinajstić information content (AvgIpc) is 2.57. The van der Waals surface area contributed by atoms with Gasteiger partial charge in [-0.2, -0.15) is 0 Å². The number of hydrogen-bond acceptors (Lipinski definition) is 1. The zero-order chi connectivity index (χ0) is 17.6. The molecule has 1 unspecified atom stereocenters. The molecule has 0 aliphatic carbocycles. The Morgan fingerprint density at radius 1 is 0.875 bits per heavy atom. The van der Waals surface area contributed by atoms with Gasteiger partial charge < -0.3 is 5.11 Å². The minimum atomic E-state index is -0.647. The first kappa shape index (κ1) is 20.7. The number of unbranched alkanes of at least 4 members (excludes halogenated alkanes) is 9. The molecule has 0 saturated carbocycles. The maximum absolute atomic E-state index is 11.5. The third-order valence-corrected chi connectivity index (χ3v) is 4.86. The van der Waals surface area contributed by atoms with Crippen LogP contribution in [0.5, 0.6) is 0 Å². The van der Waals surface area contributed by atoms with Crippen molar-refractivity contribution in [2.24, 2.45) is 5.92 Å². The number of benzene rings is 1. The lowest BCUT2D eigenvalue weighted by Gasteiger charge is -2.12. The van der Waals surface area contributed by atoms with Crippen molar-refractivity contribution in [3.05, 3.63) is 35.4 Å². The molecule has 24 heavy (non-hydrogen) atoms. The van der Waals surface area contributed by atoms with Gasteiger partial charge >= 0.3 is 5.97 Å². The van der Waals surface area contributed by atoms with Gasteiger partial charge in [-0.25, -0.2) is 0 Å². The number of rotatable bonds is 14. The van der Waals surface area contributed by atoms with Gasteiger partial charge in [0.05, 0.1) is 5.92 Å². The molecule has 1 aromatic rings. The summed E-state index contributed by atoms with van der Waals surface area (Å²) in [5.41, 5.74) is 2.36. The number of carboxylic acids is 1. The highest BCUT2D eigenvalue weighted by Gasteiger charge is 2.17. The highest BCUT2D eigenvalue weighted by molar-refractivity contribution is 5.70. The molecule has 136 valence electrons. The van der Waals surface area contributed by atoms with Crippen LogP contribution in [0.2, 0.25) is 0 Å². The van der Waals surface area contributed by atoms with Crippen LogP contribution in [0.3, 0.4) is 0 Å². The monoisotopic (exact) mass is 332 g/mol. The quantitative estimate of drug-likeness (QED) is 0.392. The van der Waals surface area contributed by atoms with Crippen molar-refractivity contribution in [2.75, 3.05) is 0 Å². The van der Waals surface area contributed by atoms with E-state index in [0.29, 0.717) is 6.42 Å². The van der Waals surface area contributed by atoms with Crippen LogP contribution in [0.15, 0.2) is 24.3 Å². The van der Waals surface area contributed by atoms with Gasteiger partial charge in [-0.1, -0.05) is 101 Å². The number of aliphatic carboxylic acids is 1. The molecule has 1 aromatic carbocycles. The summed E-state index contributed by atoms with van der Waals surface area (Å²) in [5, 5.41) is 9.43. The third-order valence-electron chi connectivity index (χ3n) is 4.86. The summed E-state index contributed by atoms with van der Waals surface area (Å²) in [6, 6.07) is 8.25. The summed E-state index contributed by atoms with van der Waals surface area (Å²) in [5.74, 6) is -0.881. The van der Waals surface area contributed by atoms with Gasteiger partial charge in [0.25, 0.3) is 0 Å². The summed E-state index contributed by atoms with van der Waals surface area (Å²) < 4.78 is 0. The predicted octanol–water partition coefficient (Wildman–Crippen LogP) is 6.55. The second-order valence-corrected chi connectivity index (χ2v) is 7.20. The maximum atomic E-state index is 11.5. The highest BCUT2D eigenvalue weighted by Crippen LogP contribution is 2.18. The fourth-order valence-corrected chi connectivity index (χ4v) is 3.20. The van der Waals surface area contributed by atoms with Crippen molar-refractivity contribution in [1.82, 2.24) is 0 Å². The van der Waals surface area contributed by atoms with Crippen molar-refractivity contribution < 1.29 is 9.90 Å². The van der Waals surface area contributed by atoms with Crippen LogP contribution < -0.4 is 0 Å². The first-order valence-electron chi connectivity index (χ1n) is 9.91. The Morgan fingerprint density at radius 3 is 1.88 bits per heavy atom. The number of carboxylic acid groups (broad SMARTS) is 1. The van der Waals surface area contributed by atoms with Crippen molar-refractivity contribution in [1.29, 1.82) is 0 Å². The van der Waals surface area contributed by atoms with Crippen molar-refractivity contribution in [2.45, 2.75) is 90.9 Å². The summed E-state index contributed by atoms with van der Waals surface area (Å²) in [6.07, 6.45) is 14.4. The van der Waals surface area contributed by atoms with Crippen LogP contribution in [0.4, 0.5) is 0 Å². The minimum absolute atomic E-state index is 0.234. The Balaban J connectivity index is 2.11. The molecule has 1 rings (SSSR count).